The third-order valence-corrected chi connectivity index (χ3v) is 3.94. The van der Waals surface area contributed by atoms with Crippen LogP contribution in [0.5, 0.6) is 5.75 Å². The third-order valence-electron chi connectivity index (χ3n) is 3.94. The average Bonchev–Trinajstić information content (AvgIpc) is 3.25. The van der Waals surface area contributed by atoms with E-state index in [1.165, 1.54) is 5.56 Å². The number of benzene rings is 1. The van der Waals surface area contributed by atoms with Gasteiger partial charge < -0.3 is 15.4 Å². The van der Waals surface area contributed by atoms with Gasteiger partial charge in [0.2, 0.25) is 5.91 Å². The molecule has 1 aromatic carbocycles. The minimum absolute atomic E-state index is 0.198. The van der Waals surface area contributed by atoms with E-state index in [2.05, 4.69) is 0 Å². The summed E-state index contributed by atoms with van der Waals surface area (Å²) in [6, 6.07) is 7.96. The first-order valence-corrected chi connectivity index (χ1v) is 6.70. The van der Waals surface area contributed by atoms with E-state index in [0.717, 1.165) is 31.6 Å². The molecule has 0 aliphatic heterocycles. The number of likely N-dealkylation sites (N-methyl/N-ethyl adjacent to an activating group) is 1. The first kappa shape index (κ1) is 13.9. The van der Waals surface area contributed by atoms with E-state index in [4.69, 9.17) is 10.5 Å². The monoisotopic (exact) mass is 262 g/mol. The van der Waals surface area contributed by atoms with E-state index in [1.807, 2.05) is 36.2 Å². The van der Waals surface area contributed by atoms with Crippen LogP contribution in [0, 0.1) is 5.41 Å². The smallest absolute Gasteiger partial charge is 0.229 e. The van der Waals surface area contributed by atoms with Crippen molar-refractivity contribution in [2.45, 2.75) is 19.3 Å². The van der Waals surface area contributed by atoms with Crippen LogP contribution in [0.3, 0.4) is 0 Å². The predicted molar refractivity (Wildman–Crippen MR) is 75.1 cm³/mol. The van der Waals surface area contributed by atoms with Crippen molar-refractivity contribution in [3.8, 4) is 5.75 Å². The molecule has 0 radical (unpaired) electrons. The van der Waals surface area contributed by atoms with Gasteiger partial charge in [-0.15, -0.1) is 0 Å². The van der Waals surface area contributed by atoms with Crippen molar-refractivity contribution in [1.29, 1.82) is 0 Å². The van der Waals surface area contributed by atoms with Gasteiger partial charge in [0.05, 0.1) is 12.5 Å². The molecule has 2 rings (SSSR count). The molecule has 1 aliphatic carbocycles. The van der Waals surface area contributed by atoms with Crippen LogP contribution in [0.1, 0.15) is 18.4 Å². The largest absolute Gasteiger partial charge is 0.497 e. The second-order valence-corrected chi connectivity index (χ2v) is 5.31. The Hall–Kier alpha value is -1.55. The Morgan fingerprint density at radius 2 is 2.00 bits per heavy atom. The molecular formula is C15H22N2O2. The Balaban J connectivity index is 1.86. The average molecular weight is 262 g/mol. The van der Waals surface area contributed by atoms with Gasteiger partial charge in [-0.05, 0) is 37.0 Å². The lowest BCUT2D eigenvalue weighted by Gasteiger charge is -2.22. The standard InChI is InChI=1S/C15H22N2O2/c1-17(14(18)15(11-16)8-9-15)10-7-12-3-5-13(19-2)6-4-12/h3-6H,7-11,16H2,1-2H3. The molecule has 0 saturated heterocycles. The summed E-state index contributed by atoms with van der Waals surface area (Å²) in [7, 11) is 3.52. The summed E-state index contributed by atoms with van der Waals surface area (Å²) in [5, 5.41) is 0. The number of hydrogen-bond acceptors (Lipinski definition) is 3. The van der Waals surface area contributed by atoms with Crippen molar-refractivity contribution in [2.75, 3.05) is 27.2 Å². The Morgan fingerprint density at radius 1 is 1.37 bits per heavy atom. The lowest BCUT2D eigenvalue weighted by atomic mass is 10.1. The molecule has 0 bridgehead atoms. The summed E-state index contributed by atoms with van der Waals surface area (Å²) in [6.07, 6.45) is 2.73. The highest BCUT2D eigenvalue weighted by Crippen LogP contribution is 2.45. The van der Waals surface area contributed by atoms with Crippen LogP contribution in [-0.4, -0.2) is 38.1 Å². The van der Waals surface area contributed by atoms with Gasteiger partial charge in [-0.1, -0.05) is 12.1 Å². The van der Waals surface area contributed by atoms with Gasteiger partial charge in [-0.3, -0.25) is 4.79 Å². The minimum Gasteiger partial charge on any atom is -0.497 e. The van der Waals surface area contributed by atoms with Crippen LogP contribution >= 0.6 is 0 Å². The van der Waals surface area contributed by atoms with Crippen LogP contribution < -0.4 is 10.5 Å². The van der Waals surface area contributed by atoms with E-state index >= 15 is 0 Å². The van der Waals surface area contributed by atoms with Crippen molar-refractivity contribution in [3.63, 3.8) is 0 Å². The zero-order chi connectivity index (χ0) is 13.9. The van der Waals surface area contributed by atoms with Crippen LogP contribution in [0.4, 0.5) is 0 Å². The van der Waals surface area contributed by atoms with Crippen LogP contribution in [-0.2, 0) is 11.2 Å². The van der Waals surface area contributed by atoms with Crippen molar-refractivity contribution < 1.29 is 9.53 Å². The fourth-order valence-corrected chi connectivity index (χ4v) is 2.25. The maximum absolute atomic E-state index is 12.2. The summed E-state index contributed by atoms with van der Waals surface area (Å²) in [6.45, 7) is 1.20. The molecule has 1 aliphatic rings. The molecule has 2 N–H and O–H groups in total. The topological polar surface area (TPSA) is 55.6 Å². The number of carbonyl (C=O) groups excluding carboxylic acids is 1. The SMILES string of the molecule is COc1ccc(CCN(C)C(=O)C2(CN)CC2)cc1. The molecule has 1 fully saturated rings. The molecule has 19 heavy (non-hydrogen) atoms. The molecule has 4 heteroatoms. The number of hydrogen-bond donors (Lipinski definition) is 1. The molecule has 1 aromatic rings. The molecule has 0 spiro atoms. The van der Waals surface area contributed by atoms with Crippen molar-refractivity contribution in [2.24, 2.45) is 11.1 Å². The first-order valence-electron chi connectivity index (χ1n) is 6.70. The first-order chi connectivity index (χ1) is 9.11. The predicted octanol–water partition coefficient (Wildman–Crippen LogP) is 1.43. The Kier molecular flexibility index (Phi) is 4.10. The van der Waals surface area contributed by atoms with Crippen LogP contribution in [0.15, 0.2) is 24.3 Å². The highest BCUT2D eigenvalue weighted by Gasteiger charge is 2.49. The van der Waals surface area contributed by atoms with E-state index < -0.39 is 0 Å². The molecule has 4 nitrogen and oxygen atoms in total. The van der Waals surface area contributed by atoms with E-state index in [0.29, 0.717) is 6.54 Å². The second kappa shape index (κ2) is 5.61. The summed E-state index contributed by atoms with van der Waals surface area (Å²) in [4.78, 5) is 14.0. The van der Waals surface area contributed by atoms with E-state index in [1.54, 1.807) is 7.11 Å². The molecule has 0 aromatic heterocycles. The number of amides is 1. The minimum atomic E-state index is -0.241. The zero-order valence-electron chi connectivity index (χ0n) is 11.7. The van der Waals surface area contributed by atoms with Crippen molar-refractivity contribution in [3.05, 3.63) is 29.8 Å². The molecular weight excluding hydrogens is 240 g/mol. The number of nitrogens with zero attached hydrogens (tertiary/aromatic N) is 1. The van der Waals surface area contributed by atoms with Gasteiger partial charge in [0.25, 0.3) is 0 Å². The van der Waals surface area contributed by atoms with Crippen LogP contribution in [0.2, 0.25) is 0 Å². The quantitative estimate of drug-likeness (QED) is 0.844. The number of methoxy groups -OCH3 is 1. The number of carbonyl (C=O) groups is 1. The lowest BCUT2D eigenvalue weighted by molar-refractivity contribution is -0.135. The van der Waals surface area contributed by atoms with E-state index in [9.17, 15) is 4.79 Å². The van der Waals surface area contributed by atoms with Gasteiger partial charge in [-0.25, -0.2) is 0 Å². The van der Waals surface area contributed by atoms with Crippen LogP contribution in [0.25, 0.3) is 0 Å². The highest BCUT2D eigenvalue weighted by molar-refractivity contribution is 5.85. The number of nitrogens with two attached hydrogens (primary N) is 1. The molecule has 104 valence electrons. The molecule has 0 unspecified atom stereocenters. The Bertz CT molecular complexity index is 438. The fourth-order valence-electron chi connectivity index (χ4n) is 2.25. The summed E-state index contributed by atoms with van der Waals surface area (Å²) in [5.74, 6) is 1.05. The summed E-state index contributed by atoms with van der Waals surface area (Å²) in [5.41, 5.74) is 6.65. The molecule has 0 atom stereocenters. The summed E-state index contributed by atoms with van der Waals surface area (Å²) < 4.78 is 5.12. The lowest BCUT2D eigenvalue weighted by Crippen LogP contribution is -2.39. The van der Waals surface area contributed by atoms with Gasteiger partial charge in [-0.2, -0.15) is 0 Å². The number of rotatable bonds is 6. The maximum atomic E-state index is 12.2. The third kappa shape index (κ3) is 3.07. The van der Waals surface area contributed by atoms with Crippen molar-refractivity contribution in [1.82, 2.24) is 4.90 Å². The molecule has 0 heterocycles. The van der Waals surface area contributed by atoms with Gasteiger partial charge >= 0.3 is 0 Å². The second-order valence-electron chi connectivity index (χ2n) is 5.31. The van der Waals surface area contributed by atoms with Crippen molar-refractivity contribution >= 4 is 5.91 Å². The van der Waals surface area contributed by atoms with Gasteiger partial charge in [0.15, 0.2) is 0 Å². The summed E-state index contributed by atoms with van der Waals surface area (Å²) >= 11 is 0. The van der Waals surface area contributed by atoms with Gasteiger partial charge in [0.1, 0.15) is 5.75 Å². The van der Waals surface area contributed by atoms with E-state index in [-0.39, 0.29) is 11.3 Å². The maximum Gasteiger partial charge on any atom is 0.229 e. The Labute approximate surface area is 114 Å². The molecule has 1 saturated carbocycles. The zero-order valence-corrected chi connectivity index (χ0v) is 11.7. The normalized spacial score (nSPS) is 15.9. The molecule has 1 amide bonds. The highest BCUT2D eigenvalue weighted by atomic mass is 16.5. The number of ether oxygens (including phenoxy) is 1. The Morgan fingerprint density at radius 3 is 2.47 bits per heavy atom. The van der Waals surface area contributed by atoms with Gasteiger partial charge in [0, 0.05) is 20.1 Å². The fraction of sp³-hybridized carbons (Fsp3) is 0.533.